The van der Waals surface area contributed by atoms with Crippen LogP contribution in [0, 0.1) is 5.82 Å². The zero-order valence-electron chi connectivity index (χ0n) is 9.80. The van der Waals surface area contributed by atoms with E-state index in [-0.39, 0.29) is 12.2 Å². The molecule has 0 aromatic heterocycles. The van der Waals surface area contributed by atoms with Crippen LogP contribution in [0.15, 0.2) is 18.2 Å². The monoisotopic (exact) mass is 260 g/mol. The zero-order chi connectivity index (χ0) is 13.9. The van der Waals surface area contributed by atoms with E-state index in [9.17, 15) is 22.8 Å². The molecule has 0 heterocycles. The van der Waals surface area contributed by atoms with Crippen molar-refractivity contribution >= 4 is 11.8 Å². The number of alkyl halides is 2. The van der Waals surface area contributed by atoms with Gasteiger partial charge in [0.2, 0.25) is 0 Å². The topological polar surface area (TPSA) is 43.4 Å². The lowest BCUT2D eigenvalue weighted by Crippen LogP contribution is -2.29. The van der Waals surface area contributed by atoms with Gasteiger partial charge in [-0.25, -0.2) is 9.18 Å². The molecule has 98 valence electrons. The van der Waals surface area contributed by atoms with Gasteiger partial charge in [0.05, 0.1) is 12.2 Å². The third-order valence-corrected chi connectivity index (χ3v) is 2.25. The molecule has 1 aromatic rings. The minimum absolute atomic E-state index is 0.0455. The summed E-state index contributed by atoms with van der Waals surface area (Å²) in [5.41, 5.74) is -1.15. The fourth-order valence-corrected chi connectivity index (χ4v) is 1.32. The van der Waals surface area contributed by atoms with E-state index in [0.717, 1.165) is 6.07 Å². The third kappa shape index (κ3) is 2.69. The Morgan fingerprint density at radius 1 is 1.33 bits per heavy atom. The standard InChI is InChI=1S/C12H11F3O3/c1-3-18-11(17)12(14,15)9-5-4-8(7(2)16)6-10(9)13/h4-6H,3H2,1-2H3. The number of Topliss-reactive ketones (excluding diaryl/α,β-unsaturated/α-hetero) is 1. The number of carbonyl (C=O) groups excluding carboxylic acids is 2. The number of hydrogen-bond acceptors (Lipinski definition) is 3. The van der Waals surface area contributed by atoms with Gasteiger partial charge >= 0.3 is 11.9 Å². The minimum Gasteiger partial charge on any atom is -0.461 e. The number of ether oxygens (including phenoxy) is 1. The summed E-state index contributed by atoms with van der Waals surface area (Å²) in [6, 6.07) is 2.42. The molecule has 0 N–H and O–H groups in total. The normalized spacial score (nSPS) is 11.2. The van der Waals surface area contributed by atoms with Crippen LogP contribution in [0.1, 0.15) is 29.8 Å². The molecular weight excluding hydrogens is 249 g/mol. The Balaban J connectivity index is 3.17. The molecule has 0 aliphatic heterocycles. The van der Waals surface area contributed by atoms with E-state index < -0.39 is 29.1 Å². The Kier molecular flexibility index (Phi) is 4.11. The van der Waals surface area contributed by atoms with Crippen LogP contribution >= 0.6 is 0 Å². The number of hydrogen-bond donors (Lipinski definition) is 0. The van der Waals surface area contributed by atoms with Crippen molar-refractivity contribution in [3.8, 4) is 0 Å². The molecule has 0 saturated carbocycles. The highest BCUT2D eigenvalue weighted by atomic mass is 19.3. The van der Waals surface area contributed by atoms with Gasteiger partial charge in [-0.2, -0.15) is 8.78 Å². The van der Waals surface area contributed by atoms with E-state index in [0.29, 0.717) is 12.1 Å². The Labute approximate surface area is 102 Å². The number of benzene rings is 1. The molecule has 0 amide bonds. The van der Waals surface area contributed by atoms with Crippen molar-refractivity contribution in [2.75, 3.05) is 6.61 Å². The number of ketones is 1. The first-order valence-electron chi connectivity index (χ1n) is 5.16. The average molecular weight is 260 g/mol. The second-order valence-corrected chi connectivity index (χ2v) is 3.55. The van der Waals surface area contributed by atoms with Crippen LogP contribution in [0.2, 0.25) is 0 Å². The van der Waals surface area contributed by atoms with Crippen molar-refractivity contribution in [2.45, 2.75) is 19.8 Å². The highest BCUT2D eigenvalue weighted by Gasteiger charge is 2.44. The molecule has 18 heavy (non-hydrogen) atoms. The summed E-state index contributed by atoms with van der Waals surface area (Å²) in [7, 11) is 0. The van der Waals surface area contributed by atoms with Crippen molar-refractivity contribution in [1.29, 1.82) is 0 Å². The number of rotatable bonds is 4. The Hall–Kier alpha value is -1.85. The predicted octanol–water partition coefficient (Wildman–Crippen LogP) is 2.68. The van der Waals surface area contributed by atoms with Crippen LogP contribution in [0.3, 0.4) is 0 Å². The average Bonchev–Trinajstić information content (AvgIpc) is 2.28. The molecule has 6 heteroatoms. The van der Waals surface area contributed by atoms with Crippen LogP contribution in [0.25, 0.3) is 0 Å². The summed E-state index contributed by atoms with van der Waals surface area (Å²) in [5, 5.41) is 0. The first-order valence-corrected chi connectivity index (χ1v) is 5.16. The van der Waals surface area contributed by atoms with E-state index in [2.05, 4.69) is 4.74 Å². The van der Waals surface area contributed by atoms with E-state index >= 15 is 0 Å². The van der Waals surface area contributed by atoms with Gasteiger partial charge in [0.25, 0.3) is 0 Å². The first-order chi connectivity index (χ1) is 8.30. The van der Waals surface area contributed by atoms with Gasteiger partial charge in [-0.1, -0.05) is 6.07 Å². The van der Waals surface area contributed by atoms with E-state index in [1.807, 2.05) is 0 Å². The molecule has 0 spiro atoms. The molecule has 1 aromatic carbocycles. The fourth-order valence-electron chi connectivity index (χ4n) is 1.32. The van der Waals surface area contributed by atoms with Crippen LogP contribution in [-0.4, -0.2) is 18.4 Å². The van der Waals surface area contributed by atoms with E-state index in [4.69, 9.17) is 0 Å². The smallest absolute Gasteiger partial charge is 0.382 e. The lowest BCUT2D eigenvalue weighted by molar-refractivity contribution is -0.173. The molecule has 3 nitrogen and oxygen atoms in total. The predicted molar refractivity (Wildman–Crippen MR) is 56.9 cm³/mol. The maximum absolute atomic E-state index is 13.5. The zero-order valence-corrected chi connectivity index (χ0v) is 9.80. The van der Waals surface area contributed by atoms with Gasteiger partial charge in [-0.3, -0.25) is 4.79 Å². The Bertz CT molecular complexity index is 483. The van der Waals surface area contributed by atoms with Crippen LogP contribution in [0.5, 0.6) is 0 Å². The quantitative estimate of drug-likeness (QED) is 0.617. The SMILES string of the molecule is CCOC(=O)C(F)(F)c1ccc(C(C)=O)cc1F. The van der Waals surface area contributed by atoms with Gasteiger partial charge in [0.1, 0.15) is 5.82 Å². The van der Waals surface area contributed by atoms with E-state index in [1.165, 1.54) is 13.8 Å². The van der Waals surface area contributed by atoms with Crippen molar-refractivity contribution in [1.82, 2.24) is 0 Å². The van der Waals surface area contributed by atoms with Crippen molar-refractivity contribution in [3.05, 3.63) is 35.1 Å². The molecular formula is C12H11F3O3. The molecule has 0 bridgehead atoms. The molecule has 1 rings (SSSR count). The minimum atomic E-state index is -4.07. The van der Waals surface area contributed by atoms with Gasteiger partial charge < -0.3 is 4.74 Å². The lowest BCUT2D eigenvalue weighted by Gasteiger charge is -2.15. The second-order valence-electron chi connectivity index (χ2n) is 3.55. The molecule has 0 unspecified atom stereocenters. The van der Waals surface area contributed by atoms with Gasteiger partial charge in [0, 0.05) is 5.56 Å². The molecule has 0 radical (unpaired) electrons. The summed E-state index contributed by atoms with van der Waals surface area (Å²) < 4.78 is 44.7. The van der Waals surface area contributed by atoms with Gasteiger partial charge in [-0.15, -0.1) is 0 Å². The maximum Gasteiger partial charge on any atom is 0.382 e. The van der Waals surface area contributed by atoms with Gasteiger partial charge in [-0.05, 0) is 26.0 Å². The van der Waals surface area contributed by atoms with E-state index in [1.54, 1.807) is 0 Å². The molecule has 0 saturated heterocycles. The largest absolute Gasteiger partial charge is 0.461 e. The van der Waals surface area contributed by atoms with Crippen molar-refractivity contribution in [2.24, 2.45) is 0 Å². The number of carbonyl (C=O) groups is 2. The maximum atomic E-state index is 13.5. The summed E-state index contributed by atoms with van der Waals surface area (Å²) in [6.07, 6.45) is 0. The Morgan fingerprint density at radius 3 is 2.39 bits per heavy atom. The van der Waals surface area contributed by atoms with Gasteiger partial charge in [0.15, 0.2) is 5.78 Å². The fraction of sp³-hybridized carbons (Fsp3) is 0.333. The first kappa shape index (κ1) is 14.2. The number of esters is 1. The van der Waals surface area contributed by atoms with Crippen molar-refractivity contribution < 1.29 is 27.5 Å². The lowest BCUT2D eigenvalue weighted by atomic mass is 10.0. The van der Waals surface area contributed by atoms with Crippen LogP contribution < -0.4 is 0 Å². The third-order valence-electron chi connectivity index (χ3n) is 2.25. The number of halogens is 3. The second kappa shape index (κ2) is 5.20. The summed E-state index contributed by atoms with van der Waals surface area (Å²) in [4.78, 5) is 22.0. The molecule has 0 aliphatic rings. The summed E-state index contributed by atoms with van der Waals surface area (Å²) in [6.45, 7) is 2.31. The molecule has 0 aliphatic carbocycles. The molecule has 0 atom stereocenters. The molecule has 0 fully saturated rings. The van der Waals surface area contributed by atoms with Crippen LogP contribution in [0.4, 0.5) is 13.2 Å². The highest BCUT2D eigenvalue weighted by molar-refractivity contribution is 5.94. The Morgan fingerprint density at radius 2 is 1.94 bits per heavy atom. The van der Waals surface area contributed by atoms with Crippen molar-refractivity contribution in [3.63, 3.8) is 0 Å². The summed E-state index contributed by atoms with van der Waals surface area (Å²) in [5.74, 6) is -7.67. The summed E-state index contributed by atoms with van der Waals surface area (Å²) >= 11 is 0. The highest BCUT2D eigenvalue weighted by Crippen LogP contribution is 2.31. The van der Waals surface area contributed by atoms with Crippen LogP contribution in [-0.2, 0) is 15.5 Å².